The second-order valence-electron chi connectivity index (χ2n) is 4.09. The van der Waals surface area contributed by atoms with Gasteiger partial charge in [-0.15, -0.1) is 0 Å². The molecule has 7 heteroatoms. The van der Waals surface area contributed by atoms with Crippen molar-refractivity contribution in [1.29, 1.82) is 0 Å². The van der Waals surface area contributed by atoms with Crippen LogP contribution in [-0.2, 0) is 11.3 Å². The third kappa shape index (κ3) is 3.77. The highest BCUT2D eigenvalue weighted by Gasteiger charge is 2.04. The van der Waals surface area contributed by atoms with Gasteiger partial charge in [-0.2, -0.15) is 5.10 Å². The number of nitrogens with zero attached hydrogens (tertiary/aromatic N) is 4. The van der Waals surface area contributed by atoms with E-state index in [-0.39, 0.29) is 12.5 Å². The molecule has 1 amide bonds. The molecule has 2 aromatic heterocycles. The maximum absolute atomic E-state index is 11.4. The van der Waals surface area contributed by atoms with Crippen molar-refractivity contribution in [3.8, 4) is 0 Å². The number of nitrogens with one attached hydrogen (secondary N) is 2. The van der Waals surface area contributed by atoms with Crippen LogP contribution in [0.5, 0.6) is 0 Å². The second-order valence-corrected chi connectivity index (χ2v) is 4.09. The Morgan fingerprint density at radius 3 is 2.74 bits per heavy atom. The average molecular weight is 260 g/mol. The normalized spacial score (nSPS) is 10.2. The Hall–Kier alpha value is -2.44. The summed E-state index contributed by atoms with van der Waals surface area (Å²) in [5.74, 6) is 0.437. The quantitative estimate of drug-likeness (QED) is 0.833. The van der Waals surface area contributed by atoms with Gasteiger partial charge < -0.3 is 10.6 Å². The number of aromatic nitrogens is 4. The summed E-state index contributed by atoms with van der Waals surface area (Å²) in [6.07, 6.45) is 6.82. The summed E-state index contributed by atoms with van der Waals surface area (Å²) >= 11 is 0. The van der Waals surface area contributed by atoms with Gasteiger partial charge >= 0.3 is 0 Å². The fourth-order valence-corrected chi connectivity index (χ4v) is 1.50. The predicted molar refractivity (Wildman–Crippen MR) is 71.0 cm³/mol. The van der Waals surface area contributed by atoms with Crippen LogP contribution in [0.1, 0.15) is 12.5 Å². The molecule has 2 rings (SSSR count). The lowest BCUT2D eigenvalue weighted by molar-refractivity contribution is -0.121. The number of rotatable bonds is 5. The molecule has 0 aromatic carbocycles. The number of likely N-dealkylation sites (N-methyl/N-ethyl adjacent to an activating group) is 1. The van der Waals surface area contributed by atoms with E-state index in [4.69, 9.17) is 0 Å². The van der Waals surface area contributed by atoms with Crippen molar-refractivity contribution in [2.24, 2.45) is 0 Å². The van der Waals surface area contributed by atoms with Gasteiger partial charge in [0.15, 0.2) is 0 Å². The number of hydrogen-bond acceptors (Lipinski definition) is 5. The van der Waals surface area contributed by atoms with Gasteiger partial charge in [-0.1, -0.05) is 0 Å². The van der Waals surface area contributed by atoms with Crippen molar-refractivity contribution in [3.63, 3.8) is 0 Å². The number of carbonyl (C=O) groups is 1. The highest BCUT2D eigenvalue weighted by Crippen LogP contribution is 2.10. The summed E-state index contributed by atoms with van der Waals surface area (Å²) in [6.45, 7) is 4.61. The Labute approximate surface area is 111 Å². The predicted octanol–water partition coefficient (Wildman–Crippen LogP) is 0.861. The summed E-state index contributed by atoms with van der Waals surface area (Å²) in [5, 5.41) is 9.82. The number of amides is 1. The van der Waals surface area contributed by atoms with Crippen molar-refractivity contribution in [2.45, 2.75) is 20.4 Å². The van der Waals surface area contributed by atoms with Crippen LogP contribution < -0.4 is 10.6 Å². The van der Waals surface area contributed by atoms with E-state index >= 15 is 0 Å². The molecule has 0 aliphatic heterocycles. The lowest BCUT2D eigenvalue weighted by atomic mass is 10.4. The zero-order chi connectivity index (χ0) is 13.7. The zero-order valence-corrected chi connectivity index (χ0v) is 10.9. The molecule has 2 aromatic rings. The van der Waals surface area contributed by atoms with E-state index < -0.39 is 0 Å². The molecule has 100 valence electrons. The van der Waals surface area contributed by atoms with Crippen molar-refractivity contribution < 1.29 is 4.79 Å². The molecular weight excluding hydrogens is 244 g/mol. The first-order valence-corrected chi connectivity index (χ1v) is 6.02. The van der Waals surface area contributed by atoms with E-state index in [0.29, 0.717) is 12.5 Å². The minimum atomic E-state index is -0.0660. The maximum Gasteiger partial charge on any atom is 0.241 e. The molecule has 0 saturated carbocycles. The molecule has 2 N–H and O–H groups in total. The van der Waals surface area contributed by atoms with Gasteiger partial charge in [0.2, 0.25) is 11.9 Å². The van der Waals surface area contributed by atoms with E-state index in [1.54, 1.807) is 29.5 Å². The number of aryl methyl sites for hydroxylation is 1. The van der Waals surface area contributed by atoms with Gasteiger partial charge in [0.05, 0.1) is 11.9 Å². The van der Waals surface area contributed by atoms with Crippen LogP contribution >= 0.6 is 0 Å². The first-order valence-electron chi connectivity index (χ1n) is 6.02. The lowest BCUT2D eigenvalue weighted by Crippen LogP contribution is -2.27. The van der Waals surface area contributed by atoms with Crippen molar-refractivity contribution in [3.05, 3.63) is 30.4 Å². The van der Waals surface area contributed by atoms with Crippen LogP contribution in [0, 0.1) is 6.92 Å². The Morgan fingerprint density at radius 2 is 2.05 bits per heavy atom. The average Bonchev–Trinajstić information content (AvgIpc) is 2.80. The third-order valence-electron chi connectivity index (χ3n) is 2.35. The van der Waals surface area contributed by atoms with Crippen molar-refractivity contribution in [2.75, 3.05) is 11.9 Å². The summed E-state index contributed by atoms with van der Waals surface area (Å²) in [5.41, 5.74) is 1.74. The van der Waals surface area contributed by atoms with Crippen LogP contribution in [-0.4, -0.2) is 32.2 Å². The number of carbonyl (C=O) groups excluding carboxylic acids is 1. The molecule has 0 fully saturated rings. The smallest absolute Gasteiger partial charge is 0.241 e. The Bertz CT molecular complexity index is 548. The molecule has 0 saturated heterocycles. The fourth-order valence-electron chi connectivity index (χ4n) is 1.50. The zero-order valence-electron chi connectivity index (χ0n) is 10.9. The molecular formula is C12H16N6O. The van der Waals surface area contributed by atoms with E-state index in [1.807, 2.05) is 13.8 Å². The summed E-state index contributed by atoms with van der Waals surface area (Å²) in [4.78, 5) is 19.7. The van der Waals surface area contributed by atoms with Gasteiger partial charge in [0.25, 0.3) is 0 Å². The van der Waals surface area contributed by atoms with Crippen LogP contribution in [0.15, 0.2) is 24.8 Å². The number of anilines is 2. The SMILES string of the molecule is CCNC(=O)Cn1cc(Nc2ncc(C)cn2)cn1. The third-order valence-corrected chi connectivity index (χ3v) is 2.35. The highest BCUT2D eigenvalue weighted by atomic mass is 16.2. The van der Waals surface area contributed by atoms with Gasteiger partial charge in [-0.25, -0.2) is 9.97 Å². The molecule has 7 nitrogen and oxygen atoms in total. The summed E-state index contributed by atoms with van der Waals surface area (Å²) < 4.78 is 1.56. The molecule has 0 aliphatic rings. The second kappa shape index (κ2) is 5.94. The Balaban J connectivity index is 1.97. The number of hydrogen-bond donors (Lipinski definition) is 2. The van der Waals surface area contributed by atoms with Crippen molar-refractivity contribution in [1.82, 2.24) is 25.1 Å². The van der Waals surface area contributed by atoms with Crippen LogP contribution in [0.4, 0.5) is 11.6 Å². The first kappa shape index (κ1) is 13.0. The van der Waals surface area contributed by atoms with Crippen molar-refractivity contribution >= 4 is 17.5 Å². The highest BCUT2D eigenvalue weighted by molar-refractivity contribution is 5.75. The monoisotopic (exact) mass is 260 g/mol. The molecule has 0 unspecified atom stereocenters. The van der Waals surface area contributed by atoms with E-state index in [1.165, 1.54) is 0 Å². The van der Waals surface area contributed by atoms with Gasteiger partial charge in [-0.3, -0.25) is 9.48 Å². The van der Waals surface area contributed by atoms with Gasteiger partial charge in [0.1, 0.15) is 6.54 Å². The van der Waals surface area contributed by atoms with E-state index in [0.717, 1.165) is 11.3 Å². The van der Waals surface area contributed by atoms with Crippen LogP contribution in [0.3, 0.4) is 0 Å². The van der Waals surface area contributed by atoms with Gasteiger partial charge in [-0.05, 0) is 19.4 Å². The Kier molecular flexibility index (Phi) is 4.07. The minimum Gasteiger partial charge on any atom is -0.355 e. The van der Waals surface area contributed by atoms with Crippen LogP contribution in [0.2, 0.25) is 0 Å². The Morgan fingerprint density at radius 1 is 1.32 bits per heavy atom. The lowest BCUT2D eigenvalue weighted by Gasteiger charge is -2.02. The molecule has 19 heavy (non-hydrogen) atoms. The standard InChI is InChI=1S/C12H16N6O/c1-3-13-11(19)8-18-7-10(6-16-18)17-12-14-4-9(2)5-15-12/h4-7H,3,8H2,1-2H3,(H,13,19)(H,14,15,17). The summed E-state index contributed by atoms with van der Waals surface area (Å²) in [6, 6.07) is 0. The maximum atomic E-state index is 11.4. The molecule has 0 bridgehead atoms. The van der Waals surface area contributed by atoms with Gasteiger partial charge in [0, 0.05) is 25.1 Å². The first-order chi connectivity index (χ1) is 9.17. The molecule has 2 heterocycles. The van der Waals surface area contributed by atoms with Crippen LogP contribution in [0.25, 0.3) is 0 Å². The molecule has 0 radical (unpaired) electrons. The topological polar surface area (TPSA) is 84.7 Å². The van der Waals surface area contributed by atoms with E-state index in [9.17, 15) is 4.79 Å². The minimum absolute atomic E-state index is 0.0660. The van der Waals surface area contributed by atoms with E-state index in [2.05, 4.69) is 25.7 Å². The molecule has 0 aliphatic carbocycles. The largest absolute Gasteiger partial charge is 0.355 e. The molecule has 0 atom stereocenters. The fraction of sp³-hybridized carbons (Fsp3) is 0.333. The molecule has 0 spiro atoms. The summed E-state index contributed by atoms with van der Waals surface area (Å²) in [7, 11) is 0.